The lowest BCUT2D eigenvalue weighted by atomic mass is 9.91. The van der Waals surface area contributed by atoms with E-state index in [2.05, 4.69) is 11.8 Å². The molecule has 0 spiro atoms. The molecule has 1 saturated heterocycles. The number of nitrogens with zero attached hydrogens (tertiary/aromatic N) is 1. The summed E-state index contributed by atoms with van der Waals surface area (Å²) in [6, 6.07) is 4.78. The predicted octanol–water partition coefficient (Wildman–Crippen LogP) is 2.68. The summed E-state index contributed by atoms with van der Waals surface area (Å²) >= 11 is 5.71. The van der Waals surface area contributed by atoms with Crippen LogP contribution in [-0.4, -0.2) is 29.7 Å². The van der Waals surface area contributed by atoms with Crippen LogP contribution >= 0.6 is 11.6 Å². The first-order chi connectivity index (χ1) is 8.02. The smallest absolute Gasteiger partial charge is 0.129 e. The van der Waals surface area contributed by atoms with E-state index in [0.717, 1.165) is 19.5 Å². The van der Waals surface area contributed by atoms with Gasteiger partial charge in [0.15, 0.2) is 0 Å². The van der Waals surface area contributed by atoms with Crippen LogP contribution in [0.25, 0.3) is 0 Å². The number of rotatable bonds is 3. The summed E-state index contributed by atoms with van der Waals surface area (Å²) in [6.45, 7) is 4.54. The Morgan fingerprint density at radius 3 is 2.88 bits per heavy atom. The van der Waals surface area contributed by atoms with E-state index in [-0.39, 0.29) is 17.8 Å². The van der Waals surface area contributed by atoms with Crippen molar-refractivity contribution in [1.29, 1.82) is 0 Å². The number of aliphatic hydroxyl groups excluding tert-OH is 1. The van der Waals surface area contributed by atoms with Gasteiger partial charge in [0.25, 0.3) is 0 Å². The predicted molar refractivity (Wildman–Crippen MR) is 66.5 cm³/mol. The second-order valence-corrected chi connectivity index (χ2v) is 5.60. The van der Waals surface area contributed by atoms with Gasteiger partial charge in [-0.25, -0.2) is 4.39 Å². The molecule has 1 aromatic carbocycles. The Hall–Kier alpha value is -0.640. The maximum Gasteiger partial charge on any atom is 0.129 e. The molecule has 0 aliphatic carbocycles. The minimum absolute atomic E-state index is 0.0388. The molecule has 1 fully saturated rings. The quantitative estimate of drug-likeness (QED) is 0.900. The van der Waals surface area contributed by atoms with Gasteiger partial charge in [-0.05, 0) is 25.1 Å². The minimum atomic E-state index is -0.255. The van der Waals surface area contributed by atoms with Crippen LogP contribution in [-0.2, 0) is 6.54 Å². The van der Waals surface area contributed by atoms with Gasteiger partial charge in [-0.15, -0.1) is 0 Å². The molecular formula is C13H17ClFNO. The highest BCUT2D eigenvalue weighted by molar-refractivity contribution is 6.30. The Kier molecular flexibility index (Phi) is 3.71. The van der Waals surface area contributed by atoms with Gasteiger partial charge in [0.2, 0.25) is 0 Å². The van der Waals surface area contributed by atoms with Crippen molar-refractivity contribution < 1.29 is 9.50 Å². The largest absolute Gasteiger partial charge is 0.396 e. The number of likely N-dealkylation sites (tertiary alicyclic amines) is 1. The van der Waals surface area contributed by atoms with E-state index in [1.807, 2.05) is 0 Å². The molecule has 17 heavy (non-hydrogen) atoms. The summed E-state index contributed by atoms with van der Waals surface area (Å²) in [5.41, 5.74) is 0.625. The summed E-state index contributed by atoms with van der Waals surface area (Å²) in [7, 11) is 0. The lowest BCUT2D eigenvalue weighted by molar-refractivity contribution is 0.144. The molecular weight excluding hydrogens is 241 g/mol. The average molecular weight is 258 g/mol. The molecule has 1 aromatic rings. The van der Waals surface area contributed by atoms with Crippen molar-refractivity contribution in [1.82, 2.24) is 4.90 Å². The lowest BCUT2D eigenvalue weighted by Gasteiger charge is -2.22. The molecule has 0 amide bonds. The Bertz CT molecular complexity index is 412. The van der Waals surface area contributed by atoms with Crippen LogP contribution in [0.3, 0.4) is 0 Å². The summed E-state index contributed by atoms with van der Waals surface area (Å²) in [6.07, 6.45) is 0.957. The third-order valence-corrected chi connectivity index (χ3v) is 3.66. The zero-order valence-electron chi connectivity index (χ0n) is 9.92. The van der Waals surface area contributed by atoms with Gasteiger partial charge in [-0.2, -0.15) is 0 Å². The number of aliphatic hydroxyl groups is 1. The van der Waals surface area contributed by atoms with Gasteiger partial charge in [-0.1, -0.05) is 24.6 Å². The van der Waals surface area contributed by atoms with Crippen molar-refractivity contribution in [2.75, 3.05) is 19.7 Å². The van der Waals surface area contributed by atoms with E-state index in [1.165, 1.54) is 6.07 Å². The van der Waals surface area contributed by atoms with Crippen molar-refractivity contribution in [3.8, 4) is 0 Å². The van der Waals surface area contributed by atoms with Crippen molar-refractivity contribution in [3.05, 3.63) is 34.6 Å². The monoisotopic (exact) mass is 257 g/mol. The van der Waals surface area contributed by atoms with Gasteiger partial charge in [0, 0.05) is 35.7 Å². The number of benzene rings is 1. The van der Waals surface area contributed by atoms with E-state index in [4.69, 9.17) is 11.6 Å². The molecule has 2 nitrogen and oxygen atoms in total. The van der Waals surface area contributed by atoms with Gasteiger partial charge in [0.05, 0.1) is 0 Å². The van der Waals surface area contributed by atoms with E-state index in [9.17, 15) is 9.50 Å². The molecule has 2 rings (SSSR count). The van der Waals surface area contributed by atoms with Crippen LogP contribution in [0.4, 0.5) is 4.39 Å². The third-order valence-electron chi connectivity index (χ3n) is 3.43. The number of hydrogen-bond acceptors (Lipinski definition) is 2. The van der Waals surface area contributed by atoms with E-state index in [0.29, 0.717) is 17.1 Å². The third kappa shape index (κ3) is 2.97. The Morgan fingerprint density at radius 2 is 2.29 bits per heavy atom. The first kappa shape index (κ1) is 12.8. The SMILES string of the molecule is CC1(CO)CCN(Cc2ccc(Cl)cc2F)C1. The molecule has 4 heteroatoms. The van der Waals surface area contributed by atoms with Crippen LogP contribution in [0, 0.1) is 11.2 Å². The molecule has 0 saturated carbocycles. The van der Waals surface area contributed by atoms with Crippen molar-refractivity contribution >= 4 is 11.6 Å². The topological polar surface area (TPSA) is 23.5 Å². The lowest BCUT2D eigenvalue weighted by Crippen LogP contribution is -2.27. The molecule has 1 atom stereocenters. The van der Waals surface area contributed by atoms with Crippen LogP contribution in [0.2, 0.25) is 5.02 Å². The summed E-state index contributed by atoms with van der Waals surface area (Å²) < 4.78 is 13.6. The van der Waals surface area contributed by atoms with E-state index < -0.39 is 0 Å². The van der Waals surface area contributed by atoms with Gasteiger partial charge >= 0.3 is 0 Å². The fraction of sp³-hybridized carbons (Fsp3) is 0.538. The first-order valence-corrected chi connectivity index (χ1v) is 6.17. The van der Waals surface area contributed by atoms with Crippen LogP contribution in [0.1, 0.15) is 18.9 Å². The highest BCUT2D eigenvalue weighted by Gasteiger charge is 2.33. The Morgan fingerprint density at radius 1 is 1.53 bits per heavy atom. The zero-order valence-corrected chi connectivity index (χ0v) is 10.7. The highest BCUT2D eigenvalue weighted by atomic mass is 35.5. The minimum Gasteiger partial charge on any atom is -0.396 e. The zero-order chi connectivity index (χ0) is 12.5. The molecule has 1 unspecified atom stereocenters. The molecule has 0 aromatic heterocycles. The molecule has 1 N–H and O–H groups in total. The van der Waals surface area contributed by atoms with E-state index in [1.54, 1.807) is 12.1 Å². The molecule has 0 bridgehead atoms. The van der Waals surface area contributed by atoms with Gasteiger partial charge in [0.1, 0.15) is 5.82 Å². The fourth-order valence-corrected chi connectivity index (χ4v) is 2.44. The molecule has 1 heterocycles. The van der Waals surface area contributed by atoms with E-state index >= 15 is 0 Å². The van der Waals surface area contributed by atoms with Crippen molar-refractivity contribution in [3.63, 3.8) is 0 Å². The Balaban J connectivity index is 2.03. The summed E-state index contributed by atoms with van der Waals surface area (Å²) in [5, 5.41) is 9.71. The normalized spacial score (nSPS) is 25.4. The summed E-state index contributed by atoms with van der Waals surface area (Å²) in [5.74, 6) is -0.255. The number of hydrogen-bond donors (Lipinski definition) is 1. The second kappa shape index (κ2) is 4.92. The maximum absolute atomic E-state index is 13.6. The van der Waals surface area contributed by atoms with Gasteiger partial charge < -0.3 is 5.11 Å². The van der Waals surface area contributed by atoms with Gasteiger partial charge in [-0.3, -0.25) is 4.90 Å². The Labute approximate surface area is 106 Å². The molecule has 1 aliphatic rings. The first-order valence-electron chi connectivity index (χ1n) is 5.80. The fourth-order valence-electron chi connectivity index (χ4n) is 2.28. The number of halogens is 2. The molecule has 0 radical (unpaired) electrons. The van der Waals surface area contributed by atoms with Crippen LogP contribution in [0.5, 0.6) is 0 Å². The standard InChI is InChI=1S/C13H17ClFNO/c1-13(9-17)4-5-16(8-13)7-10-2-3-11(14)6-12(10)15/h2-3,6,17H,4-5,7-9H2,1H3. The molecule has 1 aliphatic heterocycles. The molecule has 94 valence electrons. The average Bonchev–Trinajstić information content (AvgIpc) is 2.66. The second-order valence-electron chi connectivity index (χ2n) is 5.17. The maximum atomic E-state index is 13.6. The van der Waals surface area contributed by atoms with Crippen LogP contribution in [0.15, 0.2) is 18.2 Å². The van der Waals surface area contributed by atoms with Crippen molar-refractivity contribution in [2.24, 2.45) is 5.41 Å². The highest BCUT2D eigenvalue weighted by Crippen LogP contribution is 2.30. The van der Waals surface area contributed by atoms with Crippen molar-refractivity contribution in [2.45, 2.75) is 19.9 Å². The summed E-state index contributed by atoms with van der Waals surface area (Å²) in [4.78, 5) is 2.17. The van der Waals surface area contributed by atoms with Crippen LogP contribution < -0.4 is 0 Å².